The number of fused-ring (bicyclic) bond motifs is 1. The van der Waals surface area contributed by atoms with E-state index in [0.717, 1.165) is 27.6 Å². The number of nitrogens with one attached hydrogen (secondary N) is 1. The van der Waals surface area contributed by atoms with Crippen LogP contribution < -0.4 is 5.32 Å². The molecule has 2 aromatic heterocycles. The smallest absolute Gasteiger partial charge is 0.325 e. The average molecular weight is 324 g/mol. The number of benzene rings is 1. The summed E-state index contributed by atoms with van der Waals surface area (Å²) in [6, 6.07) is 8.01. The second kappa shape index (κ2) is 6.70. The molecule has 2 heterocycles. The van der Waals surface area contributed by atoms with Crippen LogP contribution in [0.1, 0.15) is 12.6 Å². The van der Waals surface area contributed by atoms with Gasteiger partial charge < -0.3 is 10.1 Å². The molecule has 0 saturated heterocycles. The molecule has 1 N–H and O–H groups in total. The zero-order chi connectivity index (χ0) is 17.1. The molecule has 0 radical (unpaired) electrons. The highest BCUT2D eigenvalue weighted by Gasteiger charge is 2.14. The van der Waals surface area contributed by atoms with Crippen molar-refractivity contribution in [1.82, 2.24) is 14.8 Å². The highest BCUT2D eigenvalue weighted by molar-refractivity contribution is 6.03. The first-order valence-electron chi connectivity index (χ1n) is 7.88. The van der Waals surface area contributed by atoms with Gasteiger partial charge in [-0.1, -0.05) is 24.3 Å². The minimum atomic E-state index is -0.294. The molecule has 6 nitrogen and oxygen atoms in total. The van der Waals surface area contributed by atoms with Gasteiger partial charge in [0.1, 0.15) is 12.4 Å². The summed E-state index contributed by atoms with van der Waals surface area (Å²) in [6.45, 7) is 4.22. The first-order chi connectivity index (χ1) is 11.6. The number of pyridine rings is 1. The van der Waals surface area contributed by atoms with Crippen molar-refractivity contribution in [2.75, 3.05) is 18.5 Å². The molecule has 124 valence electrons. The lowest BCUT2D eigenvalue weighted by molar-refractivity contribution is -0.140. The molecular weight excluding hydrogens is 304 g/mol. The second-order valence-electron chi connectivity index (χ2n) is 5.53. The van der Waals surface area contributed by atoms with E-state index in [1.54, 1.807) is 11.6 Å². The van der Waals surface area contributed by atoms with Crippen LogP contribution in [-0.2, 0) is 16.6 Å². The quantitative estimate of drug-likeness (QED) is 0.731. The lowest BCUT2D eigenvalue weighted by atomic mass is 9.99. The van der Waals surface area contributed by atoms with Crippen LogP contribution in [0.5, 0.6) is 0 Å². The molecule has 0 atom stereocenters. The molecule has 3 aromatic rings. The zero-order valence-electron chi connectivity index (χ0n) is 14.0. The van der Waals surface area contributed by atoms with Crippen LogP contribution in [0.15, 0.2) is 36.7 Å². The number of esters is 1. The standard InChI is InChI=1S/C18H20N4O2/c1-4-24-16(23)10-19-18-15-8-6-5-7-14(15)17(12(2)21-18)13-9-20-22(3)11-13/h5-9,11H,4,10H2,1-3H3,(H,19,21). The average Bonchev–Trinajstić information content (AvgIpc) is 2.99. The first kappa shape index (κ1) is 16.0. The van der Waals surface area contributed by atoms with Crippen molar-refractivity contribution in [2.24, 2.45) is 7.05 Å². The van der Waals surface area contributed by atoms with Crippen LogP contribution in [0.4, 0.5) is 5.82 Å². The predicted molar refractivity (Wildman–Crippen MR) is 93.8 cm³/mol. The highest BCUT2D eigenvalue weighted by Crippen LogP contribution is 2.34. The number of carbonyl (C=O) groups is 1. The largest absolute Gasteiger partial charge is 0.465 e. The molecule has 3 rings (SSSR count). The van der Waals surface area contributed by atoms with Crippen molar-refractivity contribution >= 4 is 22.6 Å². The molecule has 0 amide bonds. The molecule has 0 aliphatic carbocycles. The summed E-state index contributed by atoms with van der Waals surface area (Å²) in [5.74, 6) is 0.390. The number of ether oxygens (including phenoxy) is 1. The Hall–Kier alpha value is -2.89. The fourth-order valence-electron chi connectivity index (χ4n) is 2.80. The maximum atomic E-state index is 11.6. The third-order valence-corrected chi connectivity index (χ3v) is 3.79. The fraction of sp³-hybridized carbons (Fsp3) is 0.278. The minimum Gasteiger partial charge on any atom is -0.465 e. The normalized spacial score (nSPS) is 10.8. The summed E-state index contributed by atoms with van der Waals surface area (Å²) in [4.78, 5) is 16.3. The molecule has 6 heteroatoms. The van der Waals surface area contributed by atoms with Gasteiger partial charge in [0.05, 0.1) is 12.8 Å². The van der Waals surface area contributed by atoms with Crippen molar-refractivity contribution in [2.45, 2.75) is 13.8 Å². The Morgan fingerprint density at radius 2 is 2.04 bits per heavy atom. The van der Waals surface area contributed by atoms with Crippen molar-refractivity contribution in [3.05, 3.63) is 42.4 Å². The van der Waals surface area contributed by atoms with Gasteiger partial charge in [-0.05, 0) is 19.2 Å². The molecule has 0 saturated carbocycles. The lowest BCUT2D eigenvalue weighted by Crippen LogP contribution is -2.17. The molecule has 0 spiro atoms. The van der Waals surface area contributed by atoms with Gasteiger partial charge >= 0.3 is 5.97 Å². The van der Waals surface area contributed by atoms with Crippen LogP contribution in [0.2, 0.25) is 0 Å². The fourth-order valence-corrected chi connectivity index (χ4v) is 2.80. The molecule has 0 aliphatic heterocycles. The van der Waals surface area contributed by atoms with E-state index in [0.29, 0.717) is 12.4 Å². The van der Waals surface area contributed by atoms with Crippen LogP contribution in [0.25, 0.3) is 21.9 Å². The van der Waals surface area contributed by atoms with Crippen molar-refractivity contribution < 1.29 is 9.53 Å². The van der Waals surface area contributed by atoms with Gasteiger partial charge in [0.25, 0.3) is 0 Å². The van der Waals surface area contributed by atoms with Gasteiger partial charge in [-0.3, -0.25) is 9.48 Å². The zero-order valence-corrected chi connectivity index (χ0v) is 14.0. The number of nitrogens with zero attached hydrogens (tertiary/aromatic N) is 3. The van der Waals surface area contributed by atoms with E-state index in [2.05, 4.69) is 21.5 Å². The van der Waals surface area contributed by atoms with Crippen molar-refractivity contribution in [1.29, 1.82) is 0 Å². The maximum absolute atomic E-state index is 11.6. The third kappa shape index (κ3) is 3.08. The molecule has 0 aliphatic rings. The third-order valence-electron chi connectivity index (χ3n) is 3.79. The number of hydrogen-bond donors (Lipinski definition) is 1. The molecule has 0 unspecified atom stereocenters. The Balaban J connectivity index is 2.06. The maximum Gasteiger partial charge on any atom is 0.325 e. The van der Waals surface area contributed by atoms with Gasteiger partial charge in [0, 0.05) is 35.5 Å². The number of hydrogen-bond acceptors (Lipinski definition) is 5. The lowest BCUT2D eigenvalue weighted by Gasteiger charge is -2.14. The summed E-state index contributed by atoms with van der Waals surface area (Å²) < 4.78 is 6.74. The van der Waals surface area contributed by atoms with Gasteiger partial charge in [-0.25, -0.2) is 4.98 Å². The second-order valence-corrected chi connectivity index (χ2v) is 5.53. The predicted octanol–water partition coefficient (Wildman–Crippen LogP) is 2.92. The van der Waals surface area contributed by atoms with Crippen LogP contribution in [-0.4, -0.2) is 33.9 Å². The Bertz CT molecular complexity index is 886. The SMILES string of the molecule is CCOC(=O)CNc1nc(C)c(-c2cnn(C)c2)c2ccccc12. The van der Waals surface area contributed by atoms with E-state index in [1.165, 1.54) is 0 Å². The van der Waals surface area contributed by atoms with E-state index in [1.807, 2.05) is 44.6 Å². The Kier molecular flexibility index (Phi) is 4.46. The van der Waals surface area contributed by atoms with Gasteiger partial charge in [0.15, 0.2) is 0 Å². The highest BCUT2D eigenvalue weighted by atomic mass is 16.5. The van der Waals surface area contributed by atoms with Crippen LogP contribution in [0, 0.1) is 6.92 Å². The molecule has 0 fully saturated rings. The summed E-state index contributed by atoms with van der Waals surface area (Å²) >= 11 is 0. The monoisotopic (exact) mass is 324 g/mol. The Labute approximate surface area is 140 Å². The van der Waals surface area contributed by atoms with E-state index in [4.69, 9.17) is 4.74 Å². The van der Waals surface area contributed by atoms with E-state index in [-0.39, 0.29) is 12.5 Å². The van der Waals surface area contributed by atoms with Gasteiger partial charge in [-0.15, -0.1) is 0 Å². The van der Waals surface area contributed by atoms with Crippen molar-refractivity contribution in [3.63, 3.8) is 0 Å². The van der Waals surface area contributed by atoms with E-state index in [9.17, 15) is 4.79 Å². The molecule has 24 heavy (non-hydrogen) atoms. The summed E-state index contributed by atoms with van der Waals surface area (Å²) in [5, 5.41) is 9.38. The Morgan fingerprint density at radius 1 is 1.29 bits per heavy atom. The van der Waals surface area contributed by atoms with E-state index >= 15 is 0 Å². The number of aryl methyl sites for hydroxylation is 2. The van der Waals surface area contributed by atoms with Crippen LogP contribution in [0.3, 0.4) is 0 Å². The topological polar surface area (TPSA) is 69.0 Å². The first-order valence-corrected chi connectivity index (χ1v) is 7.88. The van der Waals surface area contributed by atoms with Crippen LogP contribution >= 0.6 is 0 Å². The minimum absolute atomic E-state index is 0.0938. The van der Waals surface area contributed by atoms with Gasteiger partial charge in [0.2, 0.25) is 0 Å². The summed E-state index contributed by atoms with van der Waals surface area (Å²) in [5.41, 5.74) is 2.96. The van der Waals surface area contributed by atoms with E-state index < -0.39 is 0 Å². The molecular formula is C18H20N4O2. The molecule has 1 aromatic carbocycles. The number of anilines is 1. The summed E-state index contributed by atoms with van der Waals surface area (Å²) in [6.07, 6.45) is 3.81. The number of rotatable bonds is 5. The Morgan fingerprint density at radius 3 is 2.71 bits per heavy atom. The van der Waals surface area contributed by atoms with Gasteiger partial charge in [-0.2, -0.15) is 5.10 Å². The summed E-state index contributed by atoms with van der Waals surface area (Å²) in [7, 11) is 1.89. The number of aromatic nitrogens is 3. The van der Waals surface area contributed by atoms with Crippen molar-refractivity contribution in [3.8, 4) is 11.1 Å². The molecule has 0 bridgehead atoms. The number of carbonyl (C=O) groups excluding carboxylic acids is 1.